The molecule has 0 bridgehead atoms. The summed E-state index contributed by atoms with van der Waals surface area (Å²) in [7, 11) is 0. The quantitative estimate of drug-likeness (QED) is 0.836. The summed E-state index contributed by atoms with van der Waals surface area (Å²) in [5, 5.41) is 7.91. The van der Waals surface area contributed by atoms with E-state index in [1.165, 1.54) is 25.7 Å². The van der Waals surface area contributed by atoms with E-state index in [0.717, 1.165) is 0 Å². The molecule has 1 fully saturated rings. The number of rotatable bonds is 5. The van der Waals surface area contributed by atoms with E-state index in [1.54, 1.807) is 10.9 Å². The summed E-state index contributed by atoms with van der Waals surface area (Å²) in [4.78, 5) is 12.2. The van der Waals surface area contributed by atoms with Crippen molar-refractivity contribution < 1.29 is 4.79 Å². The van der Waals surface area contributed by atoms with Gasteiger partial charge >= 0.3 is 0 Å². The minimum absolute atomic E-state index is 0.0260. The predicted molar refractivity (Wildman–Crippen MR) is 72.2 cm³/mol. The largest absolute Gasteiger partial charge is 0.307 e. The highest BCUT2D eigenvalue weighted by Crippen LogP contribution is 2.20. The Morgan fingerprint density at radius 3 is 2.83 bits per heavy atom. The lowest BCUT2D eigenvalue weighted by atomic mass is 10.2. The van der Waals surface area contributed by atoms with E-state index in [4.69, 9.17) is 11.6 Å². The number of Topliss-reactive ketones (excluding diaryl/α,β-unsaturated/α-hetero) is 1. The van der Waals surface area contributed by atoms with Gasteiger partial charge in [-0.3, -0.25) is 9.48 Å². The second kappa shape index (κ2) is 5.85. The van der Waals surface area contributed by atoms with Crippen LogP contribution in [0.15, 0.2) is 6.20 Å². The summed E-state index contributed by atoms with van der Waals surface area (Å²) in [5.74, 6) is 0.0260. The van der Waals surface area contributed by atoms with Gasteiger partial charge in [0.25, 0.3) is 0 Å². The minimum atomic E-state index is 0.0260. The van der Waals surface area contributed by atoms with E-state index in [9.17, 15) is 4.79 Å². The van der Waals surface area contributed by atoms with Crippen LogP contribution in [0.3, 0.4) is 0 Å². The first-order chi connectivity index (χ1) is 8.59. The summed E-state index contributed by atoms with van der Waals surface area (Å²) in [6, 6.07) is 0.631. The number of ketones is 1. The summed E-state index contributed by atoms with van der Waals surface area (Å²) < 4.78 is 1.70. The lowest BCUT2D eigenvalue weighted by Crippen LogP contribution is -2.32. The Balaban J connectivity index is 2.01. The number of hydrogen-bond acceptors (Lipinski definition) is 3. The van der Waals surface area contributed by atoms with Gasteiger partial charge in [-0.1, -0.05) is 24.4 Å². The number of nitrogens with zero attached hydrogens (tertiary/aromatic N) is 2. The zero-order valence-electron chi connectivity index (χ0n) is 10.9. The van der Waals surface area contributed by atoms with Crippen molar-refractivity contribution in [2.75, 3.05) is 6.54 Å². The van der Waals surface area contributed by atoms with Crippen molar-refractivity contribution in [2.24, 2.45) is 0 Å². The number of hydrogen-bond donors (Lipinski definition) is 1. The third kappa shape index (κ3) is 2.93. The topological polar surface area (TPSA) is 46.9 Å². The van der Waals surface area contributed by atoms with Gasteiger partial charge in [-0.25, -0.2) is 0 Å². The van der Waals surface area contributed by atoms with Crippen LogP contribution in [0.5, 0.6) is 0 Å². The first kappa shape index (κ1) is 13.6. The van der Waals surface area contributed by atoms with E-state index in [-0.39, 0.29) is 11.8 Å². The van der Waals surface area contributed by atoms with E-state index in [1.807, 2.05) is 13.8 Å². The average Bonchev–Trinajstić information content (AvgIpc) is 2.94. The van der Waals surface area contributed by atoms with E-state index < -0.39 is 0 Å². The lowest BCUT2D eigenvalue weighted by molar-refractivity contribution is 0.0975. The van der Waals surface area contributed by atoms with Gasteiger partial charge < -0.3 is 5.32 Å². The average molecular weight is 270 g/mol. The predicted octanol–water partition coefficient (Wildman–Crippen LogP) is 2.83. The van der Waals surface area contributed by atoms with Crippen LogP contribution in [0.25, 0.3) is 0 Å². The number of carbonyl (C=O) groups excluding carboxylic acids is 1. The molecule has 18 heavy (non-hydrogen) atoms. The summed E-state index contributed by atoms with van der Waals surface area (Å²) in [5.41, 5.74) is 0.525. The normalized spacial score (nSPS) is 16.7. The van der Waals surface area contributed by atoms with E-state index >= 15 is 0 Å². The molecule has 1 heterocycles. The second-order valence-corrected chi connectivity index (χ2v) is 5.57. The number of nitrogens with one attached hydrogen (secondary N) is 1. The molecule has 0 aliphatic heterocycles. The van der Waals surface area contributed by atoms with Crippen LogP contribution in [-0.2, 0) is 0 Å². The molecule has 1 aliphatic carbocycles. The molecule has 2 rings (SSSR count). The molecule has 1 aliphatic rings. The molecular formula is C13H20ClN3O. The first-order valence-electron chi connectivity index (χ1n) is 6.59. The van der Waals surface area contributed by atoms with Crippen molar-refractivity contribution in [1.29, 1.82) is 0 Å². The van der Waals surface area contributed by atoms with Crippen LogP contribution in [0.2, 0.25) is 5.02 Å². The van der Waals surface area contributed by atoms with E-state index in [0.29, 0.717) is 23.3 Å². The Labute approximate surface area is 113 Å². The first-order valence-corrected chi connectivity index (χ1v) is 6.97. The zero-order chi connectivity index (χ0) is 13.1. The Morgan fingerprint density at radius 1 is 1.56 bits per heavy atom. The van der Waals surface area contributed by atoms with Gasteiger partial charge in [-0.05, 0) is 26.7 Å². The molecule has 1 saturated carbocycles. The number of halogens is 1. The Bertz CT molecular complexity index is 422. The highest BCUT2D eigenvalue weighted by atomic mass is 35.5. The molecular weight excluding hydrogens is 250 g/mol. The molecule has 0 unspecified atom stereocenters. The van der Waals surface area contributed by atoms with Crippen LogP contribution in [-0.4, -0.2) is 28.2 Å². The molecule has 1 aromatic rings. The SMILES string of the molecule is CC(C)n1ncc(Cl)c1C(=O)CNC1CCCC1. The summed E-state index contributed by atoms with van der Waals surface area (Å²) >= 11 is 6.05. The Hall–Kier alpha value is -0.870. The Kier molecular flexibility index (Phi) is 4.40. The highest BCUT2D eigenvalue weighted by molar-refractivity contribution is 6.33. The van der Waals surface area contributed by atoms with Crippen molar-refractivity contribution in [3.05, 3.63) is 16.9 Å². The molecule has 5 heteroatoms. The lowest BCUT2D eigenvalue weighted by Gasteiger charge is -2.13. The van der Waals surface area contributed by atoms with Gasteiger partial charge in [0.05, 0.1) is 17.8 Å². The van der Waals surface area contributed by atoms with Crippen LogP contribution in [0.1, 0.15) is 56.1 Å². The molecule has 1 aromatic heterocycles. The monoisotopic (exact) mass is 269 g/mol. The van der Waals surface area contributed by atoms with Gasteiger partial charge in [-0.2, -0.15) is 5.10 Å². The highest BCUT2D eigenvalue weighted by Gasteiger charge is 2.21. The third-order valence-electron chi connectivity index (χ3n) is 3.41. The maximum absolute atomic E-state index is 12.2. The molecule has 0 saturated heterocycles. The van der Waals surface area contributed by atoms with Crippen molar-refractivity contribution in [2.45, 2.75) is 51.6 Å². The fourth-order valence-corrected chi connectivity index (χ4v) is 2.68. The van der Waals surface area contributed by atoms with Crippen molar-refractivity contribution in [3.63, 3.8) is 0 Å². The Morgan fingerprint density at radius 2 is 2.22 bits per heavy atom. The molecule has 0 spiro atoms. The van der Waals surface area contributed by atoms with Crippen LogP contribution >= 0.6 is 11.6 Å². The van der Waals surface area contributed by atoms with Gasteiger partial charge in [0.15, 0.2) is 5.78 Å². The van der Waals surface area contributed by atoms with Crippen molar-refractivity contribution in [3.8, 4) is 0 Å². The molecule has 1 N–H and O–H groups in total. The van der Waals surface area contributed by atoms with Gasteiger partial charge in [0.2, 0.25) is 0 Å². The maximum Gasteiger partial charge on any atom is 0.196 e. The molecule has 4 nitrogen and oxygen atoms in total. The fraction of sp³-hybridized carbons (Fsp3) is 0.692. The molecule has 0 atom stereocenters. The summed E-state index contributed by atoms with van der Waals surface area (Å²) in [6.07, 6.45) is 6.41. The van der Waals surface area contributed by atoms with Crippen LogP contribution in [0.4, 0.5) is 0 Å². The van der Waals surface area contributed by atoms with Gasteiger partial charge in [0.1, 0.15) is 5.69 Å². The number of aromatic nitrogens is 2. The molecule has 0 amide bonds. The molecule has 0 aromatic carbocycles. The maximum atomic E-state index is 12.2. The summed E-state index contributed by atoms with van der Waals surface area (Å²) in [6.45, 7) is 4.33. The van der Waals surface area contributed by atoms with Crippen molar-refractivity contribution >= 4 is 17.4 Å². The minimum Gasteiger partial charge on any atom is -0.307 e. The van der Waals surface area contributed by atoms with Crippen LogP contribution < -0.4 is 5.32 Å². The smallest absolute Gasteiger partial charge is 0.196 e. The van der Waals surface area contributed by atoms with Crippen LogP contribution in [0, 0.1) is 0 Å². The fourth-order valence-electron chi connectivity index (χ4n) is 2.44. The van der Waals surface area contributed by atoms with E-state index in [2.05, 4.69) is 10.4 Å². The molecule has 100 valence electrons. The zero-order valence-corrected chi connectivity index (χ0v) is 11.7. The standard InChI is InChI=1S/C13H20ClN3O/c1-9(2)17-13(11(14)7-16-17)12(18)8-15-10-5-3-4-6-10/h7,9-10,15H,3-6,8H2,1-2H3. The van der Waals surface area contributed by atoms with Crippen molar-refractivity contribution in [1.82, 2.24) is 15.1 Å². The molecule has 0 radical (unpaired) electrons. The van der Waals surface area contributed by atoms with Gasteiger partial charge in [0, 0.05) is 12.1 Å². The number of carbonyl (C=O) groups is 1. The second-order valence-electron chi connectivity index (χ2n) is 5.16. The third-order valence-corrected chi connectivity index (χ3v) is 3.69. The van der Waals surface area contributed by atoms with Gasteiger partial charge in [-0.15, -0.1) is 0 Å².